The normalized spacial score (nSPS) is 19.7. The molecule has 88 valence electrons. The molecule has 0 spiro atoms. The molecule has 0 aromatic heterocycles. The van der Waals surface area contributed by atoms with E-state index in [0.717, 1.165) is 25.8 Å². The van der Waals surface area contributed by atoms with Crippen LogP contribution in [0.4, 0.5) is 0 Å². The van der Waals surface area contributed by atoms with E-state index in [1.54, 1.807) is 0 Å². The Labute approximate surface area is 91.4 Å². The molecule has 4 heteroatoms. The second-order valence-electron chi connectivity index (χ2n) is 4.53. The maximum Gasteiger partial charge on any atom is 0.237 e. The fourth-order valence-corrected chi connectivity index (χ4v) is 1.35. The molecule has 0 aromatic rings. The molecule has 1 rings (SSSR count). The Balaban J connectivity index is 2.10. The molecule has 0 aliphatic heterocycles. The predicted molar refractivity (Wildman–Crippen MR) is 59.5 cm³/mol. The average molecular weight is 214 g/mol. The molecule has 4 nitrogen and oxygen atoms in total. The second-order valence-corrected chi connectivity index (χ2v) is 4.53. The molecular weight excluding hydrogens is 192 g/mol. The van der Waals surface area contributed by atoms with E-state index in [1.807, 2.05) is 6.92 Å². The van der Waals surface area contributed by atoms with Gasteiger partial charge in [-0.2, -0.15) is 0 Å². The zero-order chi connectivity index (χ0) is 11.3. The van der Waals surface area contributed by atoms with E-state index in [4.69, 9.17) is 5.11 Å². The van der Waals surface area contributed by atoms with Gasteiger partial charge in [-0.25, -0.2) is 0 Å². The van der Waals surface area contributed by atoms with Crippen molar-refractivity contribution < 1.29 is 9.90 Å². The van der Waals surface area contributed by atoms with E-state index in [0.29, 0.717) is 12.0 Å². The van der Waals surface area contributed by atoms with Gasteiger partial charge in [-0.1, -0.05) is 6.92 Å². The molecule has 1 aliphatic rings. The number of aliphatic hydroxyl groups excluding tert-OH is 1. The zero-order valence-corrected chi connectivity index (χ0v) is 9.62. The van der Waals surface area contributed by atoms with Crippen molar-refractivity contribution in [2.75, 3.05) is 13.2 Å². The van der Waals surface area contributed by atoms with Crippen LogP contribution in [0.1, 0.15) is 33.1 Å². The van der Waals surface area contributed by atoms with E-state index in [-0.39, 0.29) is 18.6 Å². The number of hydrogen-bond acceptors (Lipinski definition) is 3. The highest BCUT2D eigenvalue weighted by atomic mass is 16.3. The van der Waals surface area contributed by atoms with Gasteiger partial charge in [0.2, 0.25) is 5.91 Å². The van der Waals surface area contributed by atoms with E-state index >= 15 is 0 Å². The molecule has 1 fully saturated rings. The van der Waals surface area contributed by atoms with Crippen LogP contribution in [0.3, 0.4) is 0 Å². The quantitative estimate of drug-likeness (QED) is 0.570. The molecule has 3 N–H and O–H groups in total. The highest BCUT2D eigenvalue weighted by molar-refractivity contribution is 5.81. The van der Waals surface area contributed by atoms with Gasteiger partial charge in [-0.15, -0.1) is 0 Å². The summed E-state index contributed by atoms with van der Waals surface area (Å²) in [6, 6.07) is 0.295. The Morgan fingerprint density at radius 2 is 2.13 bits per heavy atom. The monoisotopic (exact) mass is 214 g/mol. The summed E-state index contributed by atoms with van der Waals surface area (Å²) < 4.78 is 0. The molecular formula is C11H22N2O2. The Morgan fingerprint density at radius 3 is 2.67 bits per heavy atom. The molecule has 0 bridgehead atoms. The third kappa shape index (κ3) is 5.14. The van der Waals surface area contributed by atoms with Gasteiger partial charge in [0.05, 0.1) is 6.04 Å². The van der Waals surface area contributed by atoms with Crippen molar-refractivity contribution in [3.8, 4) is 0 Å². The number of nitrogens with one attached hydrogen (secondary N) is 2. The van der Waals surface area contributed by atoms with Crippen molar-refractivity contribution in [3.63, 3.8) is 0 Å². The summed E-state index contributed by atoms with van der Waals surface area (Å²) >= 11 is 0. The average Bonchev–Trinajstić information content (AvgIpc) is 2.98. The van der Waals surface area contributed by atoms with Crippen LogP contribution in [0.2, 0.25) is 0 Å². The first kappa shape index (κ1) is 12.5. The molecule has 0 heterocycles. The summed E-state index contributed by atoms with van der Waals surface area (Å²) in [6.07, 6.45) is 3.03. The molecule has 0 saturated heterocycles. The first-order valence-electron chi connectivity index (χ1n) is 5.78. The SMILES string of the molecule is CC(CCO)CNC(C)C(=O)NC1CC1. The highest BCUT2D eigenvalue weighted by Crippen LogP contribution is 2.18. The number of rotatable bonds is 7. The van der Waals surface area contributed by atoms with E-state index in [1.165, 1.54) is 0 Å². The summed E-state index contributed by atoms with van der Waals surface area (Å²) in [4.78, 5) is 11.5. The van der Waals surface area contributed by atoms with Crippen molar-refractivity contribution in [3.05, 3.63) is 0 Å². The lowest BCUT2D eigenvalue weighted by Crippen LogP contribution is -2.44. The summed E-state index contributed by atoms with van der Waals surface area (Å²) in [5.41, 5.74) is 0. The third-order valence-electron chi connectivity index (χ3n) is 2.71. The largest absolute Gasteiger partial charge is 0.396 e. The maximum absolute atomic E-state index is 11.5. The highest BCUT2D eigenvalue weighted by Gasteiger charge is 2.25. The van der Waals surface area contributed by atoms with Gasteiger partial charge < -0.3 is 15.7 Å². The maximum atomic E-state index is 11.5. The van der Waals surface area contributed by atoms with Crippen molar-refractivity contribution in [1.29, 1.82) is 0 Å². The van der Waals surface area contributed by atoms with E-state index in [2.05, 4.69) is 17.6 Å². The van der Waals surface area contributed by atoms with Gasteiger partial charge in [0.1, 0.15) is 0 Å². The first-order chi connectivity index (χ1) is 7.13. The van der Waals surface area contributed by atoms with Crippen LogP contribution >= 0.6 is 0 Å². The van der Waals surface area contributed by atoms with Crippen molar-refractivity contribution in [2.45, 2.75) is 45.2 Å². The molecule has 0 radical (unpaired) electrons. The second kappa shape index (κ2) is 6.08. The van der Waals surface area contributed by atoms with Gasteiger partial charge >= 0.3 is 0 Å². The standard InChI is InChI=1S/C11H22N2O2/c1-8(5-6-14)7-12-9(2)11(15)13-10-3-4-10/h8-10,12,14H,3-7H2,1-2H3,(H,13,15). The molecule has 1 amide bonds. The number of carbonyl (C=O) groups excluding carboxylic acids is 1. The molecule has 0 aromatic carbocycles. The van der Waals surface area contributed by atoms with E-state index < -0.39 is 0 Å². The topological polar surface area (TPSA) is 61.4 Å². The lowest BCUT2D eigenvalue weighted by molar-refractivity contribution is -0.122. The Hall–Kier alpha value is -0.610. The summed E-state index contributed by atoms with van der Waals surface area (Å²) in [7, 11) is 0. The van der Waals surface area contributed by atoms with Crippen molar-refractivity contribution in [2.24, 2.45) is 5.92 Å². The zero-order valence-electron chi connectivity index (χ0n) is 9.62. The van der Waals surface area contributed by atoms with Gasteiger partial charge in [0.15, 0.2) is 0 Å². The van der Waals surface area contributed by atoms with E-state index in [9.17, 15) is 4.79 Å². The van der Waals surface area contributed by atoms with Crippen molar-refractivity contribution in [1.82, 2.24) is 10.6 Å². The van der Waals surface area contributed by atoms with Crippen LogP contribution in [-0.2, 0) is 4.79 Å². The molecule has 1 aliphatic carbocycles. The number of carbonyl (C=O) groups is 1. The fraction of sp³-hybridized carbons (Fsp3) is 0.909. The van der Waals surface area contributed by atoms with Crippen LogP contribution in [-0.4, -0.2) is 36.2 Å². The molecule has 2 unspecified atom stereocenters. The Morgan fingerprint density at radius 1 is 1.47 bits per heavy atom. The number of hydrogen-bond donors (Lipinski definition) is 3. The minimum absolute atomic E-state index is 0.0914. The molecule has 2 atom stereocenters. The van der Waals surface area contributed by atoms with Crippen molar-refractivity contribution >= 4 is 5.91 Å². The summed E-state index contributed by atoms with van der Waals surface area (Å²) in [5.74, 6) is 0.500. The van der Waals surface area contributed by atoms with Crippen LogP contribution in [0.5, 0.6) is 0 Å². The minimum atomic E-state index is -0.133. The number of aliphatic hydroxyl groups is 1. The fourth-order valence-electron chi connectivity index (χ4n) is 1.35. The predicted octanol–water partition coefficient (Wildman–Crippen LogP) is 0.262. The van der Waals surface area contributed by atoms with Gasteiger partial charge in [0.25, 0.3) is 0 Å². The first-order valence-corrected chi connectivity index (χ1v) is 5.78. The van der Waals surface area contributed by atoms with Crippen LogP contribution in [0, 0.1) is 5.92 Å². The van der Waals surface area contributed by atoms with Crippen LogP contribution < -0.4 is 10.6 Å². The molecule has 15 heavy (non-hydrogen) atoms. The van der Waals surface area contributed by atoms with Gasteiger partial charge in [0, 0.05) is 12.6 Å². The smallest absolute Gasteiger partial charge is 0.237 e. The number of amides is 1. The van der Waals surface area contributed by atoms with Crippen LogP contribution in [0.25, 0.3) is 0 Å². The summed E-state index contributed by atoms with van der Waals surface area (Å²) in [6.45, 7) is 4.93. The summed E-state index contributed by atoms with van der Waals surface area (Å²) in [5, 5.41) is 14.9. The van der Waals surface area contributed by atoms with Gasteiger partial charge in [-0.3, -0.25) is 4.79 Å². The lowest BCUT2D eigenvalue weighted by Gasteiger charge is -2.16. The minimum Gasteiger partial charge on any atom is -0.396 e. The van der Waals surface area contributed by atoms with Gasteiger partial charge in [-0.05, 0) is 38.6 Å². The Bertz CT molecular complexity index is 205. The lowest BCUT2D eigenvalue weighted by atomic mass is 10.1. The Kier molecular flexibility index (Phi) is 5.05. The van der Waals surface area contributed by atoms with Crippen LogP contribution in [0.15, 0.2) is 0 Å². The third-order valence-corrected chi connectivity index (χ3v) is 2.71. The molecule has 1 saturated carbocycles.